The lowest BCUT2D eigenvalue weighted by Gasteiger charge is -2.34. The van der Waals surface area contributed by atoms with Gasteiger partial charge in [0.2, 0.25) is 0 Å². The SMILES string of the molecule is [N-]=[N+]=Nc1cccc(C2C(F)C(F)CC(F)C2F)c1. The van der Waals surface area contributed by atoms with E-state index in [-0.39, 0.29) is 11.3 Å². The van der Waals surface area contributed by atoms with Gasteiger partial charge in [-0.3, -0.25) is 0 Å². The van der Waals surface area contributed by atoms with Gasteiger partial charge in [-0.1, -0.05) is 23.3 Å². The second kappa shape index (κ2) is 5.48. The van der Waals surface area contributed by atoms with Gasteiger partial charge in [-0.25, -0.2) is 17.6 Å². The lowest BCUT2D eigenvalue weighted by atomic mass is 9.79. The molecule has 0 aliphatic heterocycles. The lowest BCUT2D eigenvalue weighted by Crippen LogP contribution is -2.43. The number of nitrogens with zero attached hydrogens (tertiary/aromatic N) is 3. The smallest absolute Gasteiger partial charge is 0.141 e. The summed E-state index contributed by atoms with van der Waals surface area (Å²) < 4.78 is 54.2. The van der Waals surface area contributed by atoms with Crippen molar-refractivity contribution in [3.63, 3.8) is 0 Å². The molecule has 1 aliphatic carbocycles. The molecular formula is C12H11F4N3. The van der Waals surface area contributed by atoms with Gasteiger partial charge < -0.3 is 0 Å². The maximum Gasteiger partial charge on any atom is 0.141 e. The zero-order valence-electron chi connectivity index (χ0n) is 9.76. The van der Waals surface area contributed by atoms with Crippen LogP contribution in [-0.4, -0.2) is 24.7 Å². The fourth-order valence-corrected chi connectivity index (χ4v) is 2.31. The predicted octanol–water partition coefficient (Wildman–Crippen LogP) is 4.47. The van der Waals surface area contributed by atoms with Gasteiger partial charge in [-0.15, -0.1) is 0 Å². The van der Waals surface area contributed by atoms with Crippen LogP contribution in [0, 0.1) is 0 Å². The number of benzene rings is 1. The summed E-state index contributed by atoms with van der Waals surface area (Å²) in [5.74, 6) is -1.52. The van der Waals surface area contributed by atoms with Crippen molar-refractivity contribution in [2.75, 3.05) is 0 Å². The number of alkyl halides is 4. The van der Waals surface area contributed by atoms with Gasteiger partial charge in [0.25, 0.3) is 0 Å². The Hall–Kier alpha value is -1.75. The molecule has 1 aromatic rings. The third-order valence-corrected chi connectivity index (χ3v) is 3.24. The number of azide groups is 1. The molecule has 0 saturated heterocycles. The number of hydrogen-bond acceptors (Lipinski definition) is 1. The second-order valence-corrected chi connectivity index (χ2v) is 4.47. The van der Waals surface area contributed by atoms with Crippen LogP contribution in [0.25, 0.3) is 10.4 Å². The van der Waals surface area contributed by atoms with E-state index in [2.05, 4.69) is 10.0 Å². The molecule has 0 aromatic heterocycles. The summed E-state index contributed by atoms with van der Waals surface area (Å²) in [5.41, 5.74) is 8.54. The molecule has 0 bridgehead atoms. The van der Waals surface area contributed by atoms with Crippen LogP contribution in [-0.2, 0) is 0 Å². The molecule has 1 fully saturated rings. The maximum atomic E-state index is 13.8. The van der Waals surface area contributed by atoms with E-state index in [4.69, 9.17) is 5.53 Å². The number of halogens is 4. The number of rotatable bonds is 2. The van der Waals surface area contributed by atoms with E-state index in [1.165, 1.54) is 24.3 Å². The van der Waals surface area contributed by atoms with E-state index in [0.29, 0.717) is 0 Å². The van der Waals surface area contributed by atoms with Crippen molar-refractivity contribution in [1.82, 2.24) is 0 Å². The highest BCUT2D eigenvalue weighted by Gasteiger charge is 2.47. The Balaban J connectivity index is 2.37. The summed E-state index contributed by atoms with van der Waals surface area (Å²) >= 11 is 0. The van der Waals surface area contributed by atoms with Crippen molar-refractivity contribution in [1.29, 1.82) is 0 Å². The first-order chi connectivity index (χ1) is 9.04. The molecule has 3 nitrogen and oxygen atoms in total. The summed E-state index contributed by atoms with van der Waals surface area (Å²) in [5, 5.41) is 3.30. The average molecular weight is 273 g/mol. The summed E-state index contributed by atoms with van der Waals surface area (Å²) in [6.45, 7) is 0. The summed E-state index contributed by atoms with van der Waals surface area (Å²) in [7, 11) is 0. The Morgan fingerprint density at radius 1 is 1.11 bits per heavy atom. The van der Waals surface area contributed by atoms with Crippen molar-refractivity contribution in [2.24, 2.45) is 5.11 Å². The molecule has 1 aromatic carbocycles. The van der Waals surface area contributed by atoms with Gasteiger partial charge in [0.05, 0.1) is 5.92 Å². The molecule has 0 spiro atoms. The van der Waals surface area contributed by atoms with Crippen molar-refractivity contribution in [2.45, 2.75) is 37.0 Å². The molecule has 102 valence electrons. The zero-order valence-corrected chi connectivity index (χ0v) is 9.76. The molecule has 2 rings (SSSR count). The van der Waals surface area contributed by atoms with Gasteiger partial charge in [0, 0.05) is 17.0 Å². The largest absolute Gasteiger partial charge is 0.244 e. The molecule has 4 unspecified atom stereocenters. The summed E-state index contributed by atoms with van der Waals surface area (Å²) in [4.78, 5) is 2.55. The van der Waals surface area contributed by atoms with Crippen molar-refractivity contribution < 1.29 is 17.6 Å². The normalized spacial score (nSPS) is 34.6. The van der Waals surface area contributed by atoms with Crippen LogP contribution in [0.15, 0.2) is 29.4 Å². The Morgan fingerprint density at radius 2 is 1.74 bits per heavy atom. The van der Waals surface area contributed by atoms with Crippen molar-refractivity contribution in [3.05, 3.63) is 40.3 Å². The monoisotopic (exact) mass is 273 g/mol. The molecule has 0 amide bonds. The van der Waals surface area contributed by atoms with Crippen LogP contribution in [0.4, 0.5) is 23.2 Å². The van der Waals surface area contributed by atoms with Gasteiger partial charge in [-0.2, -0.15) is 0 Å². The minimum Gasteiger partial charge on any atom is -0.244 e. The first kappa shape index (κ1) is 13.7. The molecule has 0 N–H and O–H groups in total. The van der Waals surface area contributed by atoms with E-state index < -0.39 is 37.0 Å². The fourth-order valence-electron chi connectivity index (χ4n) is 2.31. The minimum absolute atomic E-state index is 0.0925. The average Bonchev–Trinajstić information content (AvgIpc) is 2.38. The van der Waals surface area contributed by atoms with Gasteiger partial charge in [-0.05, 0) is 17.2 Å². The number of hydrogen-bond donors (Lipinski definition) is 0. The maximum absolute atomic E-state index is 13.8. The van der Waals surface area contributed by atoms with Crippen molar-refractivity contribution in [3.8, 4) is 0 Å². The molecule has 0 heterocycles. The molecule has 1 aliphatic rings. The van der Waals surface area contributed by atoms with Gasteiger partial charge >= 0.3 is 0 Å². The third kappa shape index (κ3) is 2.66. The quantitative estimate of drug-likeness (QED) is 0.330. The van der Waals surface area contributed by atoms with Crippen LogP contribution in [0.1, 0.15) is 17.9 Å². The highest BCUT2D eigenvalue weighted by molar-refractivity contribution is 5.42. The second-order valence-electron chi connectivity index (χ2n) is 4.47. The highest BCUT2D eigenvalue weighted by Crippen LogP contribution is 2.41. The first-order valence-corrected chi connectivity index (χ1v) is 5.76. The van der Waals surface area contributed by atoms with E-state index in [9.17, 15) is 17.6 Å². The summed E-state index contributed by atoms with van der Waals surface area (Å²) in [6, 6.07) is 5.47. The molecule has 7 heteroatoms. The molecule has 0 radical (unpaired) electrons. The first-order valence-electron chi connectivity index (χ1n) is 5.76. The van der Waals surface area contributed by atoms with Gasteiger partial charge in [0.1, 0.15) is 24.7 Å². The van der Waals surface area contributed by atoms with Crippen LogP contribution in [0.3, 0.4) is 0 Å². The Kier molecular flexibility index (Phi) is 3.95. The Labute approximate surface area is 106 Å². The van der Waals surface area contributed by atoms with Crippen LogP contribution < -0.4 is 0 Å². The molecular weight excluding hydrogens is 262 g/mol. The van der Waals surface area contributed by atoms with Gasteiger partial charge in [0.15, 0.2) is 0 Å². The van der Waals surface area contributed by atoms with E-state index >= 15 is 0 Å². The third-order valence-electron chi connectivity index (χ3n) is 3.24. The molecule has 1 saturated carbocycles. The fraction of sp³-hybridized carbons (Fsp3) is 0.500. The van der Waals surface area contributed by atoms with Crippen LogP contribution in [0.2, 0.25) is 0 Å². The van der Waals surface area contributed by atoms with E-state index in [0.717, 1.165) is 0 Å². The Morgan fingerprint density at radius 3 is 2.32 bits per heavy atom. The predicted molar refractivity (Wildman–Crippen MR) is 62.2 cm³/mol. The minimum atomic E-state index is -2.11. The zero-order chi connectivity index (χ0) is 14.0. The summed E-state index contributed by atoms with van der Waals surface area (Å²) in [6.07, 6.45) is -9.05. The molecule has 4 atom stereocenters. The molecule has 19 heavy (non-hydrogen) atoms. The van der Waals surface area contributed by atoms with Crippen molar-refractivity contribution >= 4 is 5.69 Å². The van der Waals surface area contributed by atoms with Crippen LogP contribution in [0.5, 0.6) is 0 Å². The lowest BCUT2D eigenvalue weighted by molar-refractivity contribution is -0.00569. The standard InChI is InChI=1S/C12H11F4N3/c13-8-5-9(14)12(16)10(11(8)15)6-2-1-3-7(4-6)18-19-17/h1-4,8-12H,5H2. The highest BCUT2D eigenvalue weighted by atomic mass is 19.2. The van der Waals surface area contributed by atoms with E-state index in [1.54, 1.807) is 0 Å². The van der Waals surface area contributed by atoms with Crippen LogP contribution >= 0.6 is 0 Å². The van der Waals surface area contributed by atoms with E-state index in [1.807, 2.05) is 0 Å². The Bertz CT molecular complexity index is 490. The topological polar surface area (TPSA) is 48.8 Å².